The molecule has 0 aliphatic carbocycles. The zero-order valence-corrected chi connectivity index (χ0v) is 14.4. The molecule has 0 spiro atoms. The SMILES string of the molecule is COc1ccccc1CCC(=O)Nc1oncc1-c1ccc(Cl)cc1. The Balaban J connectivity index is 1.66. The van der Waals surface area contributed by atoms with Crippen LogP contribution in [0.4, 0.5) is 5.88 Å². The number of nitrogens with zero attached hydrogens (tertiary/aromatic N) is 1. The van der Waals surface area contributed by atoms with Gasteiger partial charge in [-0.15, -0.1) is 0 Å². The van der Waals surface area contributed by atoms with Crippen molar-refractivity contribution in [3.05, 3.63) is 65.3 Å². The Hall–Kier alpha value is -2.79. The second kappa shape index (κ2) is 7.85. The van der Waals surface area contributed by atoms with Crippen molar-refractivity contribution in [2.75, 3.05) is 12.4 Å². The number of anilines is 1. The van der Waals surface area contributed by atoms with Gasteiger partial charge in [0.1, 0.15) is 5.75 Å². The van der Waals surface area contributed by atoms with Gasteiger partial charge >= 0.3 is 0 Å². The summed E-state index contributed by atoms with van der Waals surface area (Å²) in [4.78, 5) is 12.3. The van der Waals surface area contributed by atoms with Crippen LogP contribution in [0.1, 0.15) is 12.0 Å². The number of carbonyl (C=O) groups excluding carboxylic acids is 1. The van der Waals surface area contributed by atoms with Crippen molar-refractivity contribution in [3.63, 3.8) is 0 Å². The van der Waals surface area contributed by atoms with Gasteiger partial charge in [0.15, 0.2) is 0 Å². The quantitative estimate of drug-likeness (QED) is 0.702. The molecule has 2 aromatic carbocycles. The van der Waals surface area contributed by atoms with Crippen LogP contribution in [0.3, 0.4) is 0 Å². The number of carbonyl (C=O) groups is 1. The molecule has 25 heavy (non-hydrogen) atoms. The van der Waals surface area contributed by atoms with Crippen molar-refractivity contribution < 1.29 is 14.1 Å². The molecule has 1 aromatic heterocycles. The molecule has 0 unspecified atom stereocenters. The maximum absolute atomic E-state index is 12.3. The highest BCUT2D eigenvalue weighted by molar-refractivity contribution is 6.30. The zero-order chi connectivity index (χ0) is 17.6. The predicted octanol–water partition coefficient (Wildman–Crippen LogP) is 4.57. The Labute approximate surface area is 150 Å². The van der Waals surface area contributed by atoms with E-state index in [9.17, 15) is 4.79 Å². The lowest BCUT2D eigenvalue weighted by Crippen LogP contribution is -2.12. The molecule has 3 aromatic rings. The van der Waals surface area contributed by atoms with Crippen LogP contribution in [0, 0.1) is 0 Å². The highest BCUT2D eigenvalue weighted by Crippen LogP contribution is 2.29. The Morgan fingerprint density at radius 1 is 1.20 bits per heavy atom. The lowest BCUT2D eigenvalue weighted by atomic mass is 10.1. The molecule has 3 rings (SSSR count). The first kappa shape index (κ1) is 17.0. The van der Waals surface area contributed by atoms with Crippen molar-refractivity contribution in [3.8, 4) is 16.9 Å². The minimum atomic E-state index is -0.155. The number of halogens is 1. The summed E-state index contributed by atoms with van der Waals surface area (Å²) in [6.07, 6.45) is 2.44. The molecule has 0 fully saturated rings. The van der Waals surface area contributed by atoms with Crippen LogP contribution in [-0.2, 0) is 11.2 Å². The number of aryl methyl sites for hydroxylation is 1. The maximum atomic E-state index is 12.3. The lowest BCUT2D eigenvalue weighted by Gasteiger charge is -2.08. The number of nitrogens with one attached hydrogen (secondary N) is 1. The summed E-state index contributed by atoms with van der Waals surface area (Å²) < 4.78 is 10.5. The Kier molecular flexibility index (Phi) is 5.36. The number of methoxy groups -OCH3 is 1. The van der Waals surface area contributed by atoms with Gasteiger partial charge in [0.2, 0.25) is 11.8 Å². The Morgan fingerprint density at radius 3 is 2.72 bits per heavy atom. The van der Waals surface area contributed by atoms with Gasteiger partial charge in [0.25, 0.3) is 0 Å². The summed E-state index contributed by atoms with van der Waals surface area (Å²) in [5.74, 6) is 0.946. The molecule has 5 nitrogen and oxygen atoms in total. The first-order chi connectivity index (χ1) is 12.2. The third-order valence-corrected chi connectivity index (χ3v) is 4.04. The van der Waals surface area contributed by atoms with Crippen LogP contribution >= 0.6 is 11.6 Å². The van der Waals surface area contributed by atoms with E-state index >= 15 is 0 Å². The van der Waals surface area contributed by atoms with Crippen molar-refractivity contribution in [1.29, 1.82) is 0 Å². The minimum absolute atomic E-state index is 0.155. The molecule has 0 aliphatic heterocycles. The van der Waals surface area contributed by atoms with Gasteiger partial charge in [0.05, 0.1) is 18.9 Å². The monoisotopic (exact) mass is 356 g/mol. The van der Waals surface area contributed by atoms with Gasteiger partial charge < -0.3 is 9.26 Å². The fraction of sp³-hybridized carbons (Fsp3) is 0.158. The van der Waals surface area contributed by atoms with E-state index in [2.05, 4.69) is 10.5 Å². The van der Waals surface area contributed by atoms with Gasteiger partial charge in [-0.05, 0) is 35.7 Å². The van der Waals surface area contributed by atoms with Gasteiger partial charge in [0, 0.05) is 11.4 Å². The summed E-state index contributed by atoms with van der Waals surface area (Å²) in [5, 5.41) is 7.19. The molecule has 0 saturated heterocycles. The van der Waals surface area contributed by atoms with Crippen LogP contribution in [0.15, 0.2) is 59.3 Å². The third kappa shape index (κ3) is 4.19. The van der Waals surface area contributed by atoms with Crippen LogP contribution in [0.2, 0.25) is 5.02 Å². The standard InChI is InChI=1S/C19H17ClN2O3/c1-24-17-5-3-2-4-14(17)8-11-18(23)22-19-16(12-21-25-19)13-6-9-15(20)10-7-13/h2-7,9-10,12H,8,11H2,1H3,(H,22,23). The molecule has 128 valence electrons. The number of aromatic nitrogens is 1. The summed E-state index contributed by atoms with van der Waals surface area (Å²) in [5.41, 5.74) is 2.56. The summed E-state index contributed by atoms with van der Waals surface area (Å²) in [6.45, 7) is 0. The van der Waals surface area contributed by atoms with Gasteiger partial charge in [-0.3, -0.25) is 10.1 Å². The van der Waals surface area contributed by atoms with Crippen LogP contribution in [0.25, 0.3) is 11.1 Å². The largest absolute Gasteiger partial charge is 0.496 e. The molecular weight excluding hydrogens is 340 g/mol. The van der Waals surface area contributed by atoms with Gasteiger partial charge in [-0.1, -0.05) is 47.1 Å². The zero-order valence-electron chi connectivity index (χ0n) is 13.7. The van der Waals surface area contributed by atoms with Gasteiger partial charge in [-0.2, -0.15) is 0 Å². The average Bonchev–Trinajstić information content (AvgIpc) is 3.09. The summed E-state index contributed by atoms with van der Waals surface area (Å²) in [7, 11) is 1.62. The first-order valence-corrected chi connectivity index (χ1v) is 8.17. The van der Waals surface area contributed by atoms with E-state index in [1.54, 1.807) is 25.4 Å². The number of hydrogen-bond acceptors (Lipinski definition) is 4. The molecule has 0 atom stereocenters. The average molecular weight is 357 g/mol. The summed E-state index contributed by atoms with van der Waals surface area (Å²) >= 11 is 5.90. The number of para-hydroxylation sites is 1. The molecule has 0 bridgehead atoms. The summed E-state index contributed by atoms with van der Waals surface area (Å²) in [6, 6.07) is 14.9. The number of hydrogen-bond donors (Lipinski definition) is 1. The number of amides is 1. The number of rotatable bonds is 6. The van der Waals surface area contributed by atoms with Crippen molar-refractivity contribution in [2.24, 2.45) is 0 Å². The van der Waals surface area contributed by atoms with E-state index in [1.807, 2.05) is 36.4 Å². The van der Waals surface area contributed by atoms with E-state index in [4.69, 9.17) is 20.9 Å². The molecule has 0 radical (unpaired) electrons. The molecule has 6 heteroatoms. The smallest absolute Gasteiger partial charge is 0.239 e. The maximum Gasteiger partial charge on any atom is 0.239 e. The molecule has 1 N–H and O–H groups in total. The van der Waals surface area contributed by atoms with Crippen LogP contribution in [0.5, 0.6) is 5.75 Å². The molecule has 1 amide bonds. The molecule has 0 aliphatic rings. The fourth-order valence-electron chi connectivity index (χ4n) is 2.51. The van der Waals surface area contributed by atoms with Crippen molar-refractivity contribution in [1.82, 2.24) is 5.16 Å². The number of benzene rings is 2. The van der Waals surface area contributed by atoms with Crippen LogP contribution in [-0.4, -0.2) is 18.2 Å². The van der Waals surface area contributed by atoms with Crippen LogP contribution < -0.4 is 10.1 Å². The predicted molar refractivity (Wildman–Crippen MR) is 96.9 cm³/mol. The first-order valence-electron chi connectivity index (χ1n) is 7.79. The normalized spacial score (nSPS) is 10.5. The van der Waals surface area contributed by atoms with E-state index in [-0.39, 0.29) is 5.91 Å². The van der Waals surface area contributed by atoms with E-state index in [1.165, 1.54) is 0 Å². The van der Waals surface area contributed by atoms with E-state index in [0.717, 1.165) is 16.9 Å². The molecule has 0 saturated carbocycles. The Morgan fingerprint density at radius 2 is 1.96 bits per heavy atom. The van der Waals surface area contributed by atoms with Crippen molar-refractivity contribution >= 4 is 23.4 Å². The van der Waals surface area contributed by atoms with Gasteiger partial charge in [-0.25, -0.2) is 0 Å². The Bertz CT molecular complexity index is 859. The third-order valence-electron chi connectivity index (χ3n) is 3.79. The number of ether oxygens (including phenoxy) is 1. The van der Waals surface area contributed by atoms with E-state index < -0.39 is 0 Å². The molecular formula is C19H17ClN2O3. The lowest BCUT2D eigenvalue weighted by molar-refractivity contribution is -0.116. The highest BCUT2D eigenvalue weighted by atomic mass is 35.5. The molecule has 1 heterocycles. The van der Waals surface area contributed by atoms with E-state index in [0.29, 0.717) is 29.3 Å². The van der Waals surface area contributed by atoms with Crippen molar-refractivity contribution in [2.45, 2.75) is 12.8 Å². The topological polar surface area (TPSA) is 64.4 Å². The minimum Gasteiger partial charge on any atom is -0.496 e. The second-order valence-electron chi connectivity index (χ2n) is 5.44. The second-order valence-corrected chi connectivity index (χ2v) is 5.87. The highest BCUT2D eigenvalue weighted by Gasteiger charge is 2.14. The fourth-order valence-corrected chi connectivity index (χ4v) is 2.64.